The molecule has 0 spiro atoms. The third-order valence-electron chi connectivity index (χ3n) is 2.89. The largest absolute Gasteiger partial charge is 0.357 e. The molecule has 1 aromatic carbocycles. The SMILES string of the molecule is CN(Cc1cccc(Cl)c1)c1sc(S(C)(=O)=O)cc1[N+](=O)[O-]. The van der Waals surface area contributed by atoms with Crippen molar-refractivity contribution < 1.29 is 13.3 Å². The van der Waals surface area contributed by atoms with Gasteiger partial charge >= 0.3 is 5.69 Å². The van der Waals surface area contributed by atoms with Gasteiger partial charge < -0.3 is 4.90 Å². The van der Waals surface area contributed by atoms with Gasteiger partial charge in [-0.05, 0) is 17.7 Å². The Labute approximate surface area is 137 Å². The van der Waals surface area contributed by atoms with Gasteiger partial charge in [0.05, 0.1) is 4.92 Å². The molecule has 1 aromatic heterocycles. The molecular weight excluding hydrogens is 348 g/mol. The smallest absolute Gasteiger partial charge is 0.305 e. The van der Waals surface area contributed by atoms with E-state index in [4.69, 9.17) is 11.6 Å². The summed E-state index contributed by atoms with van der Waals surface area (Å²) >= 11 is 6.81. The van der Waals surface area contributed by atoms with E-state index in [1.165, 1.54) is 0 Å². The van der Waals surface area contributed by atoms with Crippen molar-refractivity contribution in [2.24, 2.45) is 0 Å². The first-order valence-corrected chi connectivity index (χ1v) is 9.21. The topological polar surface area (TPSA) is 80.5 Å². The third-order valence-corrected chi connectivity index (χ3v) is 6.16. The maximum Gasteiger partial charge on any atom is 0.305 e. The maximum absolute atomic E-state index is 11.6. The van der Waals surface area contributed by atoms with Gasteiger partial charge in [0.25, 0.3) is 0 Å². The first-order valence-electron chi connectivity index (χ1n) is 6.12. The Bertz CT molecular complexity index is 817. The van der Waals surface area contributed by atoms with E-state index in [-0.39, 0.29) is 9.90 Å². The number of hydrogen-bond donors (Lipinski definition) is 0. The van der Waals surface area contributed by atoms with E-state index in [9.17, 15) is 18.5 Å². The van der Waals surface area contributed by atoms with E-state index in [1.54, 1.807) is 30.1 Å². The fourth-order valence-electron chi connectivity index (χ4n) is 1.92. The minimum Gasteiger partial charge on any atom is -0.357 e. The van der Waals surface area contributed by atoms with Gasteiger partial charge in [-0.1, -0.05) is 35.1 Å². The van der Waals surface area contributed by atoms with Crippen LogP contribution in [0.25, 0.3) is 0 Å². The van der Waals surface area contributed by atoms with Crippen LogP contribution in [0, 0.1) is 10.1 Å². The van der Waals surface area contributed by atoms with E-state index in [1.807, 2.05) is 6.07 Å². The van der Waals surface area contributed by atoms with Crippen LogP contribution in [0.1, 0.15) is 5.56 Å². The third kappa shape index (κ3) is 3.76. The lowest BCUT2D eigenvalue weighted by molar-refractivity contribution is -0.383. The standard InChI is InChI=1S/C13H13ClN2O4S2/c1-15(8-9-4-3-5-10(14)6-9)13-11(16(17)18)7-12(21-13)22(2,19)20/h3-7H,8H2,1-2H3. The van der Waals surface area contributed by atoms with E-state index >= 15 is 0 Å². The maximum atomic E-state index is 11.6. The molecule has 0 N–H and O–H groups in total. The minimum atomic E-state index is -3.48. The van der Waals surface area contributed by atoms with Crippen LogP contribution in [0.15, 0.2) is 34.5 Å². The van der Waals surface area contributed by atoms with Crippen molar-refractivity contribution in [3.05, 3.63) is 51.0 Å². The zero-order chi connectivity index (χ0) is 16.5. The summed E-state index contributed by atoms with van der Waals surface area (Å²) < 4.78 is 23.2. The molecule has 2 rings (SSSR count). The number of rotatable bonds is 5. The van der Waals surface area contributed by atoms with Gasteiger partial charge in [-0.3, -0.25) is 10.1 Å². The molecule has 9 heteroatoms. The number of halogens is 1. The molecule has 6 nitrogen and oxygen atoms in total. The summed E-state index contributed by atoms with van der Waals surface area (Å²) in [4.78, 5) is 12.2. The molecule has 0 unspecified atom stereocenters. The monoisotopic (exact) mass is 360 g/mol. The summed E-state index contributed by atoms with van der Waals surface area (Å²) in [6.45, 7) is 0.380. The molecule has 0 aliphatic rings. The molecule has 0 aliphatic heterocycles. The molecule has 0 bridgehead atoms. The fraction of sp³-hybridized carbons (Fsp3) is 0.231. The van der Waals surface area contributed by atoms with Gasteiger partial charge in [-0.15, -0.1) is 0 Å². The highest BCUT2D eigenvalue weighted by atomic mass is 35.5. The molecule has 1 heterocycles. The Hall–Kier alpha value is -1.64. The number of nitro groups is 1. The zero-order valence-electron chi connectivity index (χ0n) is 11.8. The average molecular weight is 361 g/mol. The van der Waals surface area contributed by atoms with Gasteiger partial charge in [0.2, 0.25) is 0 Å². The lowest BCUT2D eigenvalue weighted by atomic mass is 10.2. The van der Waals surface area contributed by atoms with Crippen molar-refractivity contribution in [1.82, 2.24) is 0 Å². The van der Waals surface area contributed by atoms with E-state index in [0.29, 0.717) is 16.6 Å². The first-order chi connectivity index (χ1) is 10.2. The van der Waals surface area contributed by atoms with Crippen LogP contribution in [0.3, 0.4) is 0 Å². The Balaban J connectivity index is 2.38. The molecule has 118 valence electrons. The van der Waals surface area contributed by atoms with Gasteiger partial charge in [0, 0.05) is 30.9 Å². The second kappa shape index (κ2) is 6.23. The minimum absolute atomic E-state index is 0.0212. The quantitative estimate of drug-likeness (QED) is 0.603. The summed E-state index contributed by atoms with van der Waals surface area (Å²) in [5.74, 6) is 0. The molecular formula is C13H13ClN2O4S2. The lowest BCUT2D eigenvalue weighted by Crippen LogP contribution is -2.16. The molecule has 0 amide bonds. The highest BCUT2D eigenvalue weighted by Gasteiger charge is 2.26. The van der Waals surface area contributed by atoms with Crippen molar-refractivity contribution in [3.63, 3.8) is 0 Å². The second-order valence-electron chi connectivity index (χ2n) is 4.77. The average Bonchev–Trinajstić information content (AvgIpc) is 2.83. The second-order valence-corrected chi connectivity index (χ2v) is 8.48. The van der Waals surface area contributed by atoms with Crippen LogP contribution in [0.4, 0.5) is 10.7 Å². The fourth-order valence-corrected chi connectivity index (χ4v) is 4.12. The van der Waals surface area contributed by atoms with Crippen molar-refractivity contribution in [2.45, 2.75) is 10.8 Å². The predicted molar refractivity (Wildman–Crippen MR) is 87.6 cm³/mol. The number of hydrogen-bond acceptors (Lipinski definition) is 6. The van der Waals surface area contributed by atoms with Crippen LogP contribution in [-0.4, -0.2) is 26.6 Å². The van der Waals surface area contributed by atoms with Gasteiger partial charge in [0.15, 0.2) is 14.8 Å². The summed E-state index contributed by atoms with van der Waals surface area (Å²) in [7, 11) is -1.81. The summed E-state index contributed by atoms with van der Waals surface area (Å²) in [6, 6.07) is 8.23. The highest BCUT2D eigenvalue weighted by molar-refractivity contribution is 7.92. The van der Waals surface area contributed by atoms with E-state index < -0.39 is 14.8 Å². The highest BCUT2D eigenvalue weighted by Crippen LogP contribution is 2.39. The lowest BCUT2D eigenvalue weighted by Gasteiger charge is -2.16. The number of nitrogens with zero attached hydrogens (tertiary/aromatic N) is 2. The summed E-state index contributed by atoms with van der Waals surface area (Å²) in [6.07, 6.45) is 1.03. The summed E-state index contributed by atoms with van der Waals surface area (Å²) in [5.41, 5.74) is 0.661. The molecule has 0 aliphatic carbocycles. The number of benzene rings is 1. The van der Waals surface area contributed by atoms with E-state index in [0.717, 1.165) is 29.2 Å². The molecule has 2 aromatic rings. The first kappa shape index (κ1) is 16.7. The van der Waals surface area contributed by atoms with Crippen LogP contribution in [0.2, 0.25) is 5.02 Å². The van der Waals surface area contributed by atoms with E-state index in [2.05, 4.69) is 0 Å². The van der Waals surface area contributed by atoms with Crippen molar-refractivity contribution in [3.8, 4) is 0 Å². The van der Waals surface area contributed by atoms with Gasteiger partial charge in [0.1, 0.15) is 4.21 Å². The Morgan fingerprint density at radius 3 is 2.59 bits per heavy atom. The normalized spacial score (nSPS) is 11.4. The molecule has 0 atom stereocenters. The van der Waals surface area contributed by atoms with Crippen molar-refractivity contribution in [1.29, 1.82) is 0 Å². The van der Waals surface area contributed by atoms with Gasteiger partial charge in [-0.2, -0.15) is 0 Å². The molecule has 0 saturated carbocycles. The van der Waals surface area contributed by atoms with Gasteiger partial charge in [-0.25, -0.2) is 8.42 Å². The predicted octanol–water partition coefficient (Wildman–Crippen LogP) is 3.35. The molecule has 0 fully saturated rings. The van der Waals surface area contributed by atoms with Crippen LogP contribution in [-0.2, 0) is 16.4 Å². The Morgan fingerprint density at radius 2 is 2.05 bits per heavy atom. The van der Waals surface area contributed by atoms with Crippen LogP contribution >= 0.6 is 22.9 Å². The molecule has 22 heavy (non-hydrogen) atoms. The number of sulfone groups is 1. The van der Waals surface area contributed by atoms with Crippen LogP contribution < -0.4 is 4.90 Å². The Morgan fingerprint density at radius 1 is 1.36 bits per heavy atom. The number of thiophene rings is 1. The Kier molecular flexibility index (Phi) is 4.74. The van der Waals surface area contributed by atoms with Crippen molar-refractivity contribution in [2.75, 3.05) is 18.2 Å². The van der Waals surface area contributed by atoms with Crippen LogP contribution in [0.5, 0.6) is 0 Å². The molecule has 0 saturated heterocycles. The van der Waals surface area contributed by atoms with Crippen molar-refractivity contribution >= 4 is 43.5 Å². The summed E-state index contributed by atoms with van der Waals surface area (Å²) in [5, 5.41) is 12.0. The zero-order valence-corrected chi connectivity index (χ0v) is 14.2. The molecule has 0 radical (unpaired) electrons. The number of anilines is 1.